The van der Waals surface area contributed by atoms with Crippen LogP contribution in [0.25, 0.3) is 0 Å². The number of benzene rings is 1. The van der Waals surface area contributed by atoms with E-state index in [4.69, 9.17) is 10.5 Å². The number of ether oxygens (including phenoxy) is 1. The predicted molar refractivity (Wildman–Crippen MR) is 76.0 cm³/mol. The van der Waals surface area contributed by atoms with Gasteiger partial charge >= 0.3 is 0 Å². The van der Waals surface area contributed by atoms with Gasteiger partial charge in [-0.05, 0) is 38.3 Å². The number of anilines is 1. The maximum absolute atomic E-state index is 14.1. The van der Waals surface area contributed by atoms with Crippen molar-refractivity contribution in [3.63, 3.8) is 0 Å². The van der Waals surface area contributed by atoms with E-state index in [0.29, 0.717) is 19.1 Å². The summed E-state index contributed by atoms with van der Waals surface area (Å²) in [7, 11) is 1.69. The number of hydrogen-bond donors (Lipinski definition) is 1. The van der Waals surface area contributed by atoms with Crippen LogP contribution in [0.3, 0.4) is 0 Å². The fraction of sp³-hybridized carbons (Fsp3) is 0.600. The molecule has 106 valence electrons. The first-order valence-corrected chi connectivity index (χ1v) is 6.92. The summed E-state index contributed by atoms with van der Waals surface area (Å²) in [6, 6.07) is 5.78. The van der Waals surface area contributed by atoms with Gasteiger partial charge in [-0.15, -0.1) is 0 Å². The SMILES string of the molecule is COCCN(c1cccc(F)c1CC(C)N)C1CC1. The molecule has 0 aliphatic heterocycles. The monoisotopic (exact) mass is 266 g/mol. The quantitative estimate of drug-likeness (QED) is 0.823. The third-order valence-electron chi connectivity index (χ3n) is 3.45. The van der Waals surface area contributed by atoms with Crippen molar-refractivity contribution >= 4 is 5.69 Å². The van der Waals surface area contributed by atoms with E-state index < -0.39 is 0 Å². The normalized spacial score (nSPS) is 16.4. The van der Waals surface area contributed by atoms with Crippen molar-refractivity contribution in [3.8, 4) is 0 Å². The van der Waals surface area contributed by atoms with Crippen molar-refractivity contribution in [1.82, 2.24) is 0 Å². The Morgan fingerprint density at radius 1 is 1.47 bits per heavy atom. The van der Waals surface area contributed by atoms with Crippen LogP contribution in [-0.2, 0) is 11.2 Å². The van der Waals surface area contributed by atoms with E-state index in [0.717, 1.165) is 17.8 Å². The number of nitrogens with zero attached hydrogens (tertiary/aromatic N) is 1. The Balaban J connectivity index is 2.27. The second-order valence-electron chi connectivity index (χ2n) is 5.34. The summed E-state index contributed by atoms with van der Waals surface area (Å²) in [5, 5.41) is 0. The minimum Gasteiger partial charge on any atom is -0.383 e. The van der Waals surface area contributed by atoms with E-state index in [9.17, 15) is 4.39 Å². The third kappa shape index (κ3) is 3.67. The van der Waals surface area contributed by atoms with Gasteiger partial charge in [0.05, 0.1) is 6.61 Å². The van der Waals surface area contributed by atoms with Gasteiger partial charge in [0.15, 0.2) is 0 Å². The highest BCUT2D eigenvalue weighted by Crippen LogP contribution is 2.34. The lowest BCUT2D eigenvalue weighted by Crippen LogP contribution is -2.31. The summed E-state index contributed by atoms with van der Waals surface area (Å²) in [5.41, 5.74) is 7.56. The van der Waals surface area contributed by atoms with Crippen LogP contribution in [0.2, 0.25) is 0 Å². The average molecular weight is 266 g/mol. The molecule has 3 nitrogen and oxygen atoms in total. The Bertz CT molecular complexity index is 419. The molecule has 0 aromatic heterocycles. The van der Waals surface area contributed by atoms with Gasteiger partial charge in [-0.1, -0.05) is 6.07 Å². The van der Waals surface area contributed by atoms with Crippen LogP contribution in [0, 0.1) is 5.82 Å². The number of nitrogens with two attached hydrogens (primary N) is 1. The van der Waals surface area contributed by atoms with Crippen LogP contribution in [0.4, 0.5) is 10.1 Å². The standard InChI is InChI=1S/C15H23FN2O/c1-11(17)10-13-14(16)4-3-5-15(13)18(8-9-19-2)12-6-7-12/h3-5,11-12H,6-10,17H2,1-2H3. The molecule has 1 saturated carbocycles. The molecule has 1 aromatic rings. The fourth-order valence-corrected chi connectivity index (χ4v) is 2.42. The van der Waals surface area contributed by atoms with Gasteiger partial charge in [0.2, 0.25) is 0 Å². The Hall–Kier alpha value is -1.13. The van der Waals surface area contributed by atoms with E-state index in [2.05, 4.69) is 4.90 Å². The summed E-state index contributed by atoms with van der Waals surface area (Å²) in [5.74, 6) is -0.155. The number of halogens is 1. The van der Waals surface area contributed by atoms with Crippen molar-refractivity contribution in [3.05, 3.63) is 29.6 Å². The predicted octanol–water partition coefficient (Wildman–Crippen LogP) is 2.33. The maximum Gasteiger partial charge on any atom is 0.128 e. The molecular formula is C15H23FN2O. The zero-order valence-corrected chi connectivity index (χ0v) is 11.7. The second-order valence-corrected chi connectivity index (χ2v) is 5.34. The Labute approximate surface area is 114 Å². The van der Waals surface area contributed by atoms with E-state index in [1.165, 1.54) is 18.9 Å². The summed E-state index contributed by atoms with van der Waals surface area (Å²) in [6.45, 7) is 3.37. The largest absolute Gasteiger partial charge is 0.383 e. The molecule has 2 N–H and O–H groups in total. The first-order chi connectivity index (χ1) is 9.13. The molecule has 1 unspecified atom stereocenters. The molecule has 1 aliphatic carbocycles. The van der Waals surface area contributed by atoms with Crippen LogP contribution in [0.1, 0.15) is 25.3 Å². The van der Waals surface area contributed by atoms with E-state index in [1.807, 2.05) is 13.0 Å². The molecule has 1 aliphatic rings. The lowest BCUT2D eigenvalue weighted by Gasteiger charge is -2.27. The fourth-order valence-electron chi connectivity index (χ4n) is 2.42. The molecule has 0 heterocycles. The Morgan fingerprint density at radius 2 is 2.21 bits per heavy atom. The van der Waals surface area contributed by atoms with Crippen molar-refractivity contribution in [1.29, 1.82) is 0 Å². The number of rotatable bonds is 7. The van der Waals surface area contributed by atoms with Crippen LogP contribution in [0.5, 0.6) is 0 Å². The molecule has 4 heteroatoms. The molecule has 1 atom stereocenters. The van der Waals surface area contributed by atoms with E-state index >= 15 is 0 Å². The lowest BCUT2D eigenvalue weighted by atomic mass is 10.0. The Kier molecular flexibility index (Phi) is 4.77. The topological polar surface area (TPSA) is 38.5 Å². The molecule has 0 saturated heterocycles. The van der Waals surface area contributed by atoms with Gasteiger partial charge in [-0.25, -0.2) is 4.39 Å². The first-order valence-electron chi connectivity index (χ1n) is 6.92. The first kappa shape index (κ1) is 14.3. The highest BCUT2D eigenvalue weighted by molar-refractivity contribution is 5.56. The Morgan fingerprint density at radius 3 is 2.79 bits per heavy atom. The van der Waals surface area contributed by atoms with Gasteiger partial charge < -0.3 is 15.4 Å². The zero-order valence-electron chi connectivity index (χ0n) is 11.7. The smallest absolute Gasteiger partial charge is 0.128 e. The van der Waals surface area contributed by atoms with E-state index in [1.54, 1.807) is 13.2 Å². The van der Waals surface area contributed by atoms with Crippen molar-refractivity contribution in [2.24, 2.45) is 5.73 Å². The van der Waals surface area contributed by atoms with Crippen molar-refractivity contribution < 1.29 is 9.13 Å². The third-order valence-corrected chi connectivity index (χ3v) is 3.45. The van der Waals surface area contributed by atoms with Gasteiger partial charge in [0.25, 0.3) is 0 Å². The molecule has 1 fully saturated rings. The summed E-state index contributed by atoms with van der Waals surface area (Å²) in [6.07, 6.45) is 2.92. The molecule has 2 rings (SSSR count). The van der Waals surface area contributed by atoms with Crippen LogP contribution in [0.15, 0.2) is 18.2 Å². The zero-order chi connectivity index (χ0) is 13.8. The van der Waals surface area contributed by atoms with Gasteiger partial charge in [0, 0.05) is 37.0 Å². The highest BCUT2D eigenvalue weighted by Gasteiger charge is 2.30. The molecule has 0 bridgehead atoms. The molecule has 1 aromatic carbocycles. The summed E-state index contributed by atoms with van der Waals surface area (Å²) in [4.78, 5) is 2.27. The van der Waals surface area contributed by atoms with Crippen LogP contribution < -0.4 is 10.6 Å². The highest BCUT2D eigenvalue weighted by atomic mass is 19.1. The average Bonchev–Trinajstić information content (AvgIpc) is 3.17. The van der Waals surface area contributed by atoms with Crippen molar-refractivity contribution in [2.45, 2.75) is 38.3 Å². The molecule has 0 amide bonds. The summed E-state index contributed by atoms with van der Waals surface area (Å²) >= 11 is 0. The number of hydrogen-bond acceptors (Lipinski definition) is 3. The van der Waals surface area contributed by atoms with Crippen LogP contribution >= 0.6 is 0 Å². The number of methoxy groups -OCH3 is 1. The summed E-state index contributed by atoms with van der Waals surface area (Å²) < 4.78 is 19.2. The van der Waals surface area contributed by atoms with Gasteiger partial charge in [-0.3, -0.25) is 0 Å². The molecular weight excluding hydrogens is 243 g/mol. The minimum absolute atomic E-state index is 0.0425. The lowest BCUT2D eigenvalue weighted by molar-refractivity contribution is 0.205. The van der Waals surface area contributed by atoms with Gasteiger partial charge in [-0.2, -0.15) is 0 Å². The maximum atomic E-state index is 14.1. The minimum atomic E-state index is -0.155. The second kappa shape index (κ2) is 6.35. The van der Waals surface area contributed by atoms with Crippen LogP contribution in [-0.4, -0.2) is 32.3 Å². The molecule has 19 heavy (non-hydrogen) atoms. The van der Waals surface area contributed by atoms with E-state index in [-0.39, 0.29) is 11.9 Å². The molecule has 0 radical (unpaired) electrons. The van der Waals surface area contributed by atoms with Crippen molar-refractivity contribution in [2.75, 3.05) is 25.2 Å². The molecule has 0 spiro atoms. The van der Waals surface area contributed by atoms with Gasteiger partial charge in [0.1, 0.15) is 5.82 Å².